The number of carbonyl (C=O) groups excluding carboxylic acids is 1. The van der Waals surface area contributed by atoms with E-state index in [1.165, 1.54) is 12.3 Å². The van der Waals surface area contributed by atoms with Crippen molar-refractivity contribution in [3.05, 3.63) is 30.1 Å². The quantitative estimate of drug-likeness (QED) is 0.606. The highest BCUT2D eigenvalue weighted by Crippen LogP contribution is 2.14. The summed E-state index contributed by atoms with van der Waals surface area (Å²) in [4.78, 5) is 26.0. The summed E-state index contributed by atoms with van der Waals surface area (Å²) < 4.78 is 10.4. The number of ether oxygens (including phenoxy) is 2. The first kappa shape index (κ1) is 15.7. The van der Waals surface area contributed by atoms with E-state index in [1.54, 1.807) is 19.1 Å². The van der Waals surface area contributed by atoms with Gasteiger partial charge in [0, 0.05) is 6.08 Å². The number of pyridine rings is 1. The van der Waals surface area contributed by atoms with Crippen LogP contribution in [0.15, 0.2) is 24.4 Å². The van der Waals surface area contributed by atoms with E-state index in [0.29, 0.717) is 24.5 Å². The zero-order valence-electron chi connectivity index (χ0n) is 11.4. The number of carboxylic acids is 1. The van der Waals surface area contributed by atoms with Crippen molar-refractivity contribution in [1.82, 2.24) is 4.98 Å². The van der Waals surface area contributed by atoms with Gasteiger partial charge in [-0.15, -0.1) is 0 Å². The summed E-state index contributed by atoms with van der Waals surface area (Å²) in [7, 11) is 0. The van der Waals surface area contributed by atoms with Crippen LogP contribution in [0.3, 0.4) is 0 Å². The molecule has 1 aromatic rings. The van der Waals surface area contributed by atoms with Gasteiger partial charge in [-0.05, 0) is 31.6 Å². The van der Waals surface area contributed by atoms with Gasteiger partial charge in [0.1, 0.15) is 5.75 Å². The standard InChI is InChI=1S/C14H17NO5/c1-3-12(14(18)19-4-2)20-11-7-5-10(15-9-11)6-8-13(16)17/h5-9,12H,3-4H2,1-2H3,(H,16,17). The molecule has 0 saturated carbocycles. The van der Waals surface area contributed by atoms with E-state index < -0.39 is 18.0 Å². The maximum absolute atomic E-state index is 11.6. The molecule has 6 heteroatoms. The van der Waals surface area contributed by atoms with Crippen LogP contribution in [0.4, 0.5) is 0 Å². The number of hydrogen-bond acceptors (Lipinski definition) is 5. The summed E-state index contributed by atoms with van der Waals surface area (Å²) >= 11 is 0. The molecule has 0 aromatic carbocycles. The number of aromatic nitrogens is 1. The highest BCUT2D eigenvalue weighted by atomic mass is 16.6. The lowest BCUT2D eigenvalue weighted by Crippen LogP contribution is -2.28. The fourth-order valence-corrected chi connectivity index (χ4v) is 1.41. The third-order valence-corrected chi connectivity index (χ3v) is 2.35. The van der Waals surface area contributed by atoms with Gasteiger partial charge in [-0.3, -0.25) is 4.98 Å². The van der Waals surface area contributed by atoms with Crippen molar-refractivity contribution in [2.45, 2.75) is 26.4 Å². The van der Waals surface area contributed by atoms with E-state index in [-0.39, 0.29) is 0 Å². The Morgan fingerprint density at radius 2 is 2.15 bits per heavy atom. The van der Waals surface area contributed by atoms with Crippen LogP contribution in [-0.2, 0) is 14.3 Å². The van der Waals surface area contributed by atoms with Gasteiger partial charge in [0.25, 0.3) is 0 Å². The predicted molar refractivity (Wildman–Crippen MR) is 72.2 cm³/mol. The highest BCUT2D eigenvalue weighted by molar-refractivity contribution is 5.84. The highest BCUT2D eigenvalue weighted by Gasteiger charge is 2.19. The lowest BCUT2D eigenvalue weighted by Gasteiger charge is -2.15. The Kier molecular flexibility index (Phi) is 6.22. The Labute approximate surface area is 117 Å². The zero-order valence-corrected chi connectivity index (χ0v) is 11.4. The minimum absolute atomic E-state index is 0.301. The second-order valence-corrected chi connectivity index (χ2v) is 3.86. The Balaban J connectivity index is 2.68. The summed E-state index contributed by atoms with van der Waals surface area (Å²) in [5.41, 5.74) is 0.490. The molecular formula is C14H17NO5. The Morgan fingerprint density at radius 1 is 1.40 bits per heavy atom. The van der Waals surface area contributed by atoms with Crippen molar-refractivity contribution in [2.75, 3.05) is 6.61 Å². The molecule has 0 radical (unpaired) electrons. The maximum atomic E-state index is 11.6. The molecule has 0 aliphatic heterocycles. The summed E-state index contributed by atoms with van der Waals surface area (Å²) in [6.45, 7) is 3.85. The molecule has 0 amide bonds. The second-order valence-electron chi connectivity index (χ2n) is 3.86. The van der Waals surface area contributed by atoms with Gasteiger partial charge < -0.3 is 14.6 Å². The van der Waals surface area contributed by atoms with Gasteiger partial charge in [0.2, 0.25) is 0 Å². The fourth-order valence-electron chi connectivity index (χ4n) is 1.41. The molecule has 6 nitrogen and oxygen atoms in total. The van der Waals surface area contributed by atoms with Crippen molar-refractivity contribution in [1.29, 1.82) is 0 Å². The van der Waals surface area contributed by atoms with Crippen molar-refractivity contribution in [3.63, 3.8) is 0 Å². The number of aliphatic carboxylic acids is 1. The maximum Gasteiger partial charge on any atom is 0.347 e. The van der Waals surface area contributed by atoms with Crippen LogP contribution in [0.25, 0.3) is 6.08 Å². The third kappa shape index (κ3) is 5.09. The van der Waals surface area contributed by atoms with E-state index >= 15 is 0 Å². The molecule has 1 unspecified atom stereocenters. The summed E-state index contributed by atoms with van der Waals surface area (Å²) in [5, 5.41) is 8.50. The van der Waals surface area contributed by atoms with Crippen LogP contribution in [-0.4, -0.2) is 34.7 Å². The van der Waals surface area contributed by atoms with E-state index in [2.05, 4.69) is 4.98 Å². The molecule has 108 valence electrons. The first-order valence-corrected chi connectivity index (χ1v) is 6.27. The summed E-state index contributed by atoms with van der Waals surface area (Å²) in [6, 6.07) is 3.23. The number of hydrogen-bond donors (Lipinski definition) is 1. The van der Waals surface area contributed by atoms with Gasteiger partial charge in [-0.25, -0.2) is 9.59 Å². The molecule has 0 aliphatic rings. The van der Waals surface area contributed by atoms with E-state index in [1.807, 2.05) is 6.92 Å². The second kappa shape index (κ2) is 7.93. The molecule has 20 heavy (non-hydrogen) atoms. The third-order valence-electron chi connectivity index (χ3n) is 2.35. The minimum atomic E-state index is -1.04. The smallest absolute Gasteiger partial charge is 0.347 e. The molecule has 0 bridgehead atoms. The number of rotatable bonds is 7. The topological polar surface area (TPSA) is 85.7 Å². The van der Waals surface area contributed by atoms with Crippen molar-refractivity contribution in [3.8, 4) is 5.75 Å². The first-order valence-electron chi connectivity index (χ1n) is 6.27. The monoisotopic (exact) mass is 279 g/mol. The molecule has 1 N–H and O–H groups in total. The van der Waals surface area contributed by atoms with Crippen LogP contribution in [0.1, 0.15) is 26.0 Å². The number of carbonyl (C=O) groups is 2. The van der Waals surface area contributed by atoms with E-state index in [4.69, 9.17) is 14.6 Å². The van der Waals surface area contributed by atoms with Gasteiger partial charge >= 0.3 is 11.9 Å². The Hall–Kier alpha value is -2.37. The number of esters is 1. The molecule has 0 fully saturated rings. The van der Waals surface area contributed by atoms with E-state index in [0.717, 1.165) is 6.08 Å². The predicted octanol–water partition coefficient (Wildman–Crippen LogP) is 1.90. The molecular weight excluding hydrogens is 262 g/mol. The van der Waals surface area contributed by atoms with Gasteiger partial charge in [-0.2, -0.15) is 0 Å². The SMILES string of the molecule is CCOC(=O)C(CC)Oc1ccc(C=CC(=O)O)nc1. The van der Waals surface area contributed by atoms with Crippen molar-refractivity contribution >= 4 is 18.0 Å². The molecule has 0 aliphatic carbocycles. The summed E-state index contributed by atoms with van der Waals surface area (Å²) in [6.07, 6.45) is 3.62. The molecule has 0 saturated heterocycles. The van der Waals surface area contributed by atoms with Crippen LogP contribution in [0.5, 0.6) is 5.75 Å². The van der Waals surface area contributed by atoms with Crippen LogP contribution >= 0.6 is 0 Å². The van der Waals surface area contributed by atoms with Gasteiger partial charge in [0.15, 0.2) is 6.10 Å². The molecule has 1 aromatic heterocycles. The largest absolute Gasteiger partial charge is 0.478 e. The van der Waals surface area contributed by atoms with Crippen LogP contribution in [0, 0.1) is 0 Å². The minimum Gasteiger partial charge on any atom is -0.478 e. The average Bonchev–Trinajstić information content (AvgIpc) is 2.44. The molecule has 0 spiro atoms. The first-order chi connectivity index (χ1) is 9.56. The molecule has 1 atom stereocenters. The Bertz CT molecular complexity index is 481. The lowest BCUT2D eigenvalue weighted by atomic mass is 10.2. The van der Waals surface area contributed by atoms with Crippen LogP contribution in [0.2, 0.25) is 0 Å². The normalized spacial score (nSPS) is 12.1. The van der Waals surface area contributed by atoms with Crippen molar-refractivity contribution < 1.29 is 24.2 Å². The average molecular weight is 279 g/mol. The number of carboxylic acid groups (broad SMARTS) is 1. The Morgan fingerprint density at radius 3 is 2.65 bits per heavy atom. The van der Waals surface area contributed by atoms with Gasteiger partial charge in [-0.1, -0.05) is 6.92 Å². The summed E-state index contributed by atoms with van der Waals surface area (Å²) in [5.74, 6) is -1.03. The van der Waals surface area contributed by atoms with E-state index in [9.17, 15) is 9.59 Å². The van der Waals surface area contributed by atoms with Gasteiger partial charge in [0.05, 0.1) is 18.5 Å². The number of nitrogens with zero attached hydrogens (tertiary/aromatic N) is 1. The van der Waals surface area contributed by atoms with Crippen LogP contribution < -0.4 is 4.74 Å². The fraction of sp³-hybridized carbons (Fsp3) is 0.357. The zero-order chi connectivity index (χ0) is 15.0. The molecule has 1 rings (SSSR count). The lowest BCUT2D eigenvalue weighted by molar-refractivity contribution is -0.151. The molecule has 1 heterocycles. The van der Waals surface area contributed by atoms with Crippen molar-refractivity contribution in [2.24, 2.45) is 0 Å².